The van der Waals surface area contributed by atoms with Crippen molar-refractivity contribution in [1.82, 2.24) is 4.57 Å². The second-order valence-corrected chi connectivity index (χ2v) is 5.22. The standard InChI is InChI=1S/C20H17N3O/c21-13-17(14-22-18-7-3-1-4-8-18)16-11-12-20(24)23(15-16)19-9-5-2-6-10-19/h1-15,21-22H/b17-14+,21-13?. The van der Waals surface area contributed by atoms with Crippen LogP contribution in [0.5, 0.6) is 0 Å². The highest BCUT2D eigenvalue weighted by molar-refractivity contribution is 6.08. The number of benzene rings is 2. The van der Waals surface area contributed by atoms with E-state index in [0.29, 0.717) is 5.57 Å². The quantitative estimate of drug-likeness (QED) is 0.701. The first kappa shape index (κ1) is 15.5. The van der Waals surface area contributed by atoms with Crippen LogP contribution in [-0.4, -0.2) is 10.8 Å². The molecule has 0 bridgehead atoms. The molecular weight excluding hydrogens is 298 g/mol. The Hall–Kier alpha value is -3.40. The molecule has 3 aromatic rings. The van der Waals surface area contributed by atoms with E-state index in [1.807, 2.05) is 60.7 Å². The lowest BCUT2D eigenvalue weighted by molar-refractivity contribution is 0.986. The highest BCUT2D eigenvalue weighted by Crippen LogP contribution is 2.14. The first-order chi connectivity index (χ1) is 11.8. The zero-order valence-corrected chi connectivity index (χ0v) is 13.0. The van der Waals surface area contributed by atoms with Crippen molar-refractivity contribution in [3.63, 3.8) is 0 Å². The first-order valence-corrected chi connectivity index (χ1v) is 7.58. The lowest BCUT2D eigenvalue weighted by Crippen LogP contribution is -2.17. The molecule has 2 N–H and O–H groups in total. The molecule has 3 rings (SSSR count). The second-order valence-electron chi connectivity index (χ2n) is 5.22. The molecule has 0 fully saturated rings. The Bertz CT molecular complexity index is 912. The third kappa shape index (κ3) is 3.50. The normalized spacial score (nSPS) is 11.1. The largest absolute Gasteiger partial charge is 0.361 e. The molecule has 2 aromatic carbocycles. The van der Waals surface area contributed by atoms with Gasteiger partial charge in [0.05, 0.1) is 0 Å². The smallest absolute Gasteiger partial charge is 0.255 e. The maximum atomic E-state index is 12.1. The predicted octanol–water partition coefficient (Wildman–Crippen LogP) is 3.94. The molecule has 0 unspecified atom stereocenters. The number of para-hydroxylation sites is 2. The van der Waals surface area contributed by atoms with Gasteiger partial charge in [0.2, 0.25) is 0 Å². The van der Waals surface area contributed by atoms with E-state index in [-0.39, 0.29) is 5.56 Å². The monoisotopic (exact) mass is 315 g/mol. The van der Waals surface area contributed by atoms with E-state index in [0.717, 1.165) is 16.9 Å². The van der Waals surface area contributed by atoms with Crippen LogP contribution in [0.3, 0.4) is 0 Å². The molecule has 1 heterocycles. The fraction of sp³-hybridized carbons (Fsp3) is 0. The van der Waals surface area contributed by atoms with E-state index in [9.17, 15) is 4.79 Å². The molecular formula is C20H17N3O. The van der Waals surface area contributed by atoms with Gasteiger partial charge >= 0.3 is 0 Å². The number of allylic oxidation sites excluding steroid dienone is 1. The van der Waals surface area contributed by atoms with Crippen molar-refractivity contribution in [3.05, 3.63) is 101 Å². The van der Waals surface area contributed by atoms with E-state index in [4.69, 9.17) is 5.41 Å². The molecule has 0 radical (unpaired) electrons. The van der Waals surface area contributed by atoms with Crippen LogP contribution in [0.1, 0.15) is 5.56 Å². The SMILES string of the molecule is N=C/C(=C\Nc1ccccc1)c1ccc(=O)n(-c2ccccc2)c1. The van der Waals surface area contributed by atoms with Gasteiger partial charge in [-0.05, 0) is 30.3 Å². The molecule has 0 atom stereocenters. The van der Waals surface area contributed by atoms with E-state index in [2.05, 4.69) is 5.32 Å². The molecule has 0 amide bonds. The van der Waals surface area contributed by atoms with Crippen molar-refractivity contribution >= 4 is 17.5 Å². The Kier molecular flexibility index (Phi) is 4.68. The van der Waals surface area contributed by atoms with Crippen molar-refractivity contribution in [2.75, 3.05) is 5.32 Å². The minimum absolute atomic E-state index is 0.106. The van der Waals surface area contributed by atoms with Crippen LogP contribution in [-0.2, 0) is 0 Å². The van der Waals surface area contributed by atoms with E-state index in [1.165, 1.54) is 12.3 Å². The van der Waals surface area contributed by atoms with Crippen LogP contribution >= 0.6 is 0 Å². The molecule has 24 heavy (non-hydrogen) atoms. The zero-order valence-electron chi connectivity index (χ0n) is 13.0. The number of rotatable bonds is 5. The van der Waals surface area contributed by atoms with Crippen molar-refractivity contribution < 1.29 is 0 Å². The van der Waals surface area contributed by atoms with Crippen molar-refractivity contribution in [3.8, 4) is 5.69 Å². The summed E-state index contributed by atoms with van der Waals surface area (Å²) in [7, 11) is 0. The van der Waals surface area contributed by atoms with E-state index < -0.39 is 0 Å². The maximum Gasteiger partial charge on any atom is 0.255 e. The lowest BCUT2D eigenvalue weighted by atomic mass is 10.1. The summed E-state index contributed by atoms with van der Waals surface area (Å²) < 4.78 is 1.58. The summed E-state index contributed by atoms with van der Waals surface area (Å²) in [4.78, 5) is 12.1. The summed E-state index contributed by atoms with van der Waals surface area (Å²) in [6.45, 7) is 0. The molecule has 1 aromatic heterocycles. The number of hydrogen-bond donors (Lipinski definition) is 2. The first-order valence-electron chi connectivity index (χ1n) is 7.58. The van der Waals surface area contributed by atoms with Crippen LogP contribution in [0.25, 0.3) is 11.3 Å². The molecule has 0 saturated carbocycles. The van der Waals surface area contributed by atoms with Crippen LogP contribution in [0.15, 0.2) is 90.0 Å². The van der Waals surface area contributed by atoms with Crippen LogP contribution in [0, 0.1) is 5.41 Å². The Morgan fingerprint density at radius 2 is 1.58 bits per heavy atom. The molecule has 0 aliphatic heterocycles. The number of nitrogens with one attached hydrogen (secondary N) is 2. The van der Waals surface area contributed by atoms with E-state index in [1.54, 1.807) is 23.0 Å². The van der Waals surface area contributed by atoms with Crippen molar-refractivity contribution in [1.29, 1.82) is 5.41 Å². The number of hydrogen-bond acceptors (Lipinski definition) is 3. The molecule has 118 valence electrons. The van der Waals surface area contributed by atoms with Gasteiger partial charge in [-0.3, -0.25) is 9.36 Å². The fourth-order valence-electron chi connectivity index (χ4n) is 2.35. The molecule has 4 nitrogen and oxygen atoms in total. The number of nitrogens with zero attached hydrogens (tertiary/aromatic N) is 1. The third-order valence-electron chi connectivity index (χ3n) is 3.60. The molecule has 4 heteroatoms. The fourth-order valence-corrected chi connectivity index (χ4v) is 2.35. The van der Waals surface area contributed by atoms with Gasteiger partial charge in [-0.15, -0.1) is 0 Å². The minimum Gasteiger partial charge on any atom is -0.361 e. The summed E-state index contributed by atoms with van der Waals surface area (Å²) in [5.74, 6) is 0. The minimum atomic E-state index is -0.106. The molecule has 0 saturated heterocycles. The summed E-state index contributed by atoms with van der Waals surface area (Å²) in [5.41, 5.74) is 3.10. The number of pyridine rings is 1. The van der Waals surface area contributed by atoms with Crippen molar-refractivity contribution in [2.45, 2.75) is 0 Å². The van der Waals surface area contributed by atoms with Crippen LogP contribution in [0.4, 0.5) is 5.69 Å². The third-order valence-corrected chi connectivity index (χ3v) is 3.60. The summed E-state index contributed by atoms with van der Waals surface area (Å²) in [6, 6.07) is 22.4. The van der Waals surface area contributed by atoms with Gasteiger partial charge in [-0.1, -0.05) is 36.4 Å². The van der Waals surface area contributed by atoms with Gasteiger partial charge in [0, 0.05) is 47.2 Å². The molecule has 0 aliphatic carbocycles. The zero-order chi connectivity index (χ0) is 16.8. The van der Waals surface area contributed by atoms with Crippen molar-refractivity contribution in [2.24, 2.45) is 0 Å². The Balaban J connectivity index is 1.95. The van der Waals surface area contributed by atoms with Gasteiger partial charge in [0.25, 0.3) is 5.56 Å². The van der Waals surface area contributed by atoms with Gasteiger partial charge < -0.3 is 10.7 Å². The van der Waals surface area contributed by atoms with Gasteiger partial charge in [-0.2, -0.15) is 0 Å². The topological polar surface area (TPSA) is 57.9 Å². The molecule has 0 spiro atoms. The average molecular weight is 315 g/mol. The Morgan fingerprint density at radius 1 is 0.917 bits per heavy atom. The molecule has 0 aliphatic rings. The second kappa shape index (κ2) is 7.24. The maximum absolute atomic E-state index is 12.1. The summed E-state index contributed by atoms with van der Waals surface area (Å²) in [6.07, 6.45) is 4.78. The Labute approximate surface area is 140 Å². The van der Waals surface area contributed by atoms with Gasteiger partial charge in [0.1, 0.15) is 0 Å². The van der Waals surface area contributed by atoms with Crippen LogP contribution < -0.4 is 10.9 Å². The summed E-state index contributed by atoms with van der Waals surface area (Å²) in [5, 5.41) is 10.8. The van der Waals surface area contributed by atoms with Gasteiger partial charge in [0.15, 0.2) is 0 Å². The average Bonchev–Trinajstić information content (AvgIpc) is 2.65. The predicted molar refractivity (Wildman–Crippen MR) is 98.9 cm³/mol. The number of anilines is 1. The highest BCUT2D eigenvalue weighted by Gasteiger charge is 2.04. The van der Waals surface area contributed by atoms with Crippen LogP contribution in [0.2, 0.25) is 0 Å². The summed E-state index contributed by atoms with van der Waals surface area (Å²) >= 11 is 0. The highest BCUT2D eigenvalue weighted by atomic mass is 16.1. The van der Waals surface area contributed by atoms with E-state index >= 15 is 0 Å². The Morgan fingerprint density at radius 3 is 2.25 bits per heavy atom. The lowest BCUT2D eigenvalue weighted by Gasteiger charge is -2.09. The van der Waals surface area contributed by atoms with Gasteiger partial charge in [-0.25, -0.2) is 0 Å². The number of aromatic nitrogens is 1.